The van der Waals surface area contributed by atoms with Crippen molar-refractivity contribution in [1.82, 2.24) is 4.90 Å². The number of nitrogen functional groups attached to an aromatic ring is 1. The van der Waals surface area contributed by atoms with Gasteiger partial charge in [-0.3, -0.25) is 0 Å². The average molecular weight is 210 g/mol. The van der Waals surface area contributed by atoms with Crippen molar-refractivity contribution in [3.63, 3.8) is 0 Å². The number of anilines is 1. The fraction of sp³-hybridized carbons (Fsp3) is 0.455. The summed E-state index contributed by atoms with van der Waals surface area (Å²) in [6, 6.07) is 8.04. The Bertz CT molecular complexity index is 274. The highest BCUT2D eigenvalue weighted by Gasteiger charge is 1.98. The lowest BCUT2D eigenvalue weighted by Gasteiger charge is -2.09. The summed E-state index contributed by atoms with van der Waals surface area (Å²) in [5.41, 5.74) is 6.72. The number of thioether (sulfide) groups is 1. The molecule has 14 heavy (non-hydrogen) atoms. The SMILES string of the molecule is CN(C)CCCSc1ccccc1N. The Morgan fingerprint density at radius 1 is 1.29 bits per heavy atom. The topological polar surface area (TPSA) is 29.3 Å². The van der Waals surface area contributed by atoms with Gasteiger partial charge in [0.25, 0.3) is 0 Å². The summed E-state index contributed by atoms with van der Waals surface area (Å²) in [5.74, 6) is 1.13. The minimum Gasteiger partial charge on any atom is -0.398 e. The molecule has 0 amide bonds. The summed E-state index contributed by atoms with van der Waals surface area (Å²) >= 11 is 1.84. The summed E-state index contributed by atoms with van der Waals surface area (Å²) in [6.45, 7) is 1.14. The first-order valence-electron chi connectivity index (χ1n) is 4.82. The molecular weight excluding hydrogens is 192 g/mol. The zero-order chi connectivity index (χ0) is 10.4. The highest BCUT2D eigenvalue weighted by molar-refractivity contribution is 7.99. The van der Waals surface area contributed by atoms with Gasteiger partial charge in [-0.1, -0.05) is 12.1 Å². The lowest BCUT2D eigenvalue weighted by atomic mass is 10.3. The van der Waals surface area contributed by atoms with Gasteiger partial charge in [-0.15, -0.1) is 11.8 Å². The van der Waals surface area contributed by atoms with Crippen molar-refractivity contribution >= 4 is 17.4 Å². The third kappa shape index (κ3) is 4.03. The first-order valence-corrected chi connectivity index (χ1v) is 5.81. The van der Waals surface area contributed by atoms with Crippen LogP contribution in [0.5, 0.6) is 0 Å². The van der Waals surface area contributed by atoms with E-state index in [1.54, 1.807) is 0 Å². The van der Waals surface area contributed by atoms with E-state index in [1.165, 1.54) is 11.3 Å². The summed E-state index contributed by atoms with van der Waals surface area (Å²) in [7, 11) is 4.20. The maximum absolute atomic E-state index is 5.83. The predicted molar refractivity (Wildman–Crippen MR) is 64.7 cm³/mol. The fourth-order valence-corrected chi connectivity index (χ4v) is 2.08. The fourth-order valence-electron chi connectivity index (χ4n) is 1.17. The van der Waals surface area contributed by atoms with E-state index in [9.17, 15) is 0 Å². The number of rotatable bonds is 5. The molecule has 0 saturated heterocycles. The van der Waals surface area contributed by atoms with Gasteiger partial charge >= 0.3 is 0 Å². The van der Waals surface area contributed by atoms with Gasteiger partial charge in [-0.05, 0) is 44.9 Å². The Morgan fingerprint density at radius 3 is 2.64 bits per heavy atom. The summed E-state index contributed by atoms with van der Waals surface area (Å²) < 4.78 is 0. The largest absolute Gasteiger partial charge is 0.398 e. The molecule has 1 rings (SSSR count). The van der Waals surface area contributed by atoms with Crippen molar-refractivity contribution in [1.29, 1.82) is 0 Å². The van der Waals surface area contributed by atoms with E-state index in [1.807, 2.05) is 30.0 Å². The highest BCUT2D eigenvalue weighted by Crippen LogP contribution is 2.24. The first kappa shape index (κ1) is 11.4. The second-order valence-corrected chi connectivity index (χ2v) is 4.68. The van der Waals surface area contributed by atoms with Crippen LogP contribution in [0.1, 0.15) is 6.42 Å². The Morgan fingerprint density at radius 2 is 2.00 bits per heavy atom. The monoisotopic (exact) mass is 210 g/mol. The molecule has 1 aromatic rings. The van der Waals surface area contributed by atoms with Gasteiger partial charge in [0.15, 0.2) is 0 Å². The van der Waals surface area contributed by atoms with Crippen molar-refractivity contribution < 1.29 is 0 Å². The lowest BCUT2D eigenvalue weighted by molar-refractivity contribution is 0.410. The van der Waals surface area contributed by atoms with Crippen LogP contribution in [0, 0.1) is 0 Å². The molecule has 0 atom stereocenters. The number of hydrogen-bond acceptors (Lipinski definition) is 3. The average Bonchev–Trinajstić information content (AvgIpc) is 2.15. The minimum absolute atomic E-state index is 0.891. The van der Waals surface area contributed by atoms with Crippen molar-refractivity contribution in [3.8, 4) is 0 Å². The standard InChI is InChI=1S/C11H18N2S/c1-13(2)8-5-9-14-11-7-4-3-6-10(11)12/h3-4,6-7H,5,8-9,12H2,1-2H3. The summed E-state index contributed by atoms with van der Waals surface area (Å²) in [4.78, 5) is 3.40. The van der Waals surface area contributed by atoms with E-state index in [2.05, 4.69) is 25.1 Å². The zero-order valence-corrected chi connectivity index (χ0v) is 9.68. The van der Waals surface area contributed by atoms with Gasteiger partial charge in [0.2, 0.25) is 0 Å². The normalized spacial score (nSPS) is 10.8. The first-order chi connectivity index (χ1) is 6.70. The quantitative estimate of drug-likeness (QED) is 0.459. The molecule has 0 aliphatic rings. The lowest BCUT2D eigenvalue weighted by Crippen LogP contribution is -2.13. The van der Waals surface area contributed by atoms with Gasteiger partial charge in [0, 0.05) is 10.6 Å². The van der Waals surface area contributed by atoms with Crippen molar-refractivity contribution in [3.05, 3.63) is 24.3 Å². The van der Waals surface area contributed by atoms with Crippen LogP contribution in [0.15, 0.2) is 29.2 Å². The molecule has 1 aromatic carbocycles. The Labute approximate surface area is 90.5 Å². The van der Waals surface area contributed by atoms with Gasteiger partial charge < -0.3 is 10.6 Å². The van der Waals surface area contributed by atoms with E-state index >= 15 is 0 Å². The van der Waals surface area contributed by atoms with Crippen LogP contribution in [0.2, 0.25) is 0 Å². The molecule has 3 heteroatoms. The van der Waals surface area contributed by atoms with Crippen molar-refractivity contribution in [2.24, 2.45) is 0 Å². The molecule has 0 aliphatic carbocycles. The van der Waals surface area contributed by atoms with E-state index in [4.69, 9.17) is 5.73 Å². The van der Waals surface area contributed by atoms with Gasteiger partial charge in [-0.25, -0.2) is 0 Å². The van der Waals surface area contributed by atoms with Crippen LogP contribution in [0.4, 0.5) is 5.69 Å². The highest BCUT2D eigenvalue weighted by atomic mass is 32.2. The van der Waals surface area contributed by atoms with Crippen LogP contribution in [0.25, 0.3) is 0 Å². The number of para-hydroxylation sites is 1. The van der Waals surface area contributed by atoms with Crippen LogP contribution in [-0.2, 0) is 0 Å². The van der Waals surface area contributed by atoms with Crippen LogP contribution < -0.4 is 5.73 Å². The molecule has 0 fully saturated rings. The Balaban J connectivity index is 2.28. The molecule has 0 aliphatic heterocycles. The molecule has 0 unspecified atom stereocenters. The van der Waals surface area contributed by atoms with E-state index in [-0.39, 0.29) is 0 Å². The van der Waals surface area contributed by atoms with Gasteiger partial charge in [0.05, 0.1) is 0 Å². The maximum atomic E-state index is 5.83. The number of benzene rings is 1. The number of hydrogen-bond donors (Lipinski definition) is 1. The third-order valence-corrected chi connectivity index (χ3v) is 3.10. The molecule has 2 N–H and O–H groups in total. The summed E-state index contributed by atoms with van der Waals surface area (Å²) in [6.07, 6.45) is 1.20. The molecule has 78 valence electrons. The number of nitrogens with zero attached hydrogens (tertiary/aromatic N) is 1. The summed E-state index contributed by atoms with van der Waals surface area (Å²) in [5, 5.41) is 0. The molecule has 0 radical (unpaired) electrons. The van der Waals surface area contributed by atoms with Crippen LogP contribution in [-0.4, -0.2) is 31.3 Å². The Kier molecular flexibility index (Phi) is 4.84. The smallest absolute Gasteiger partial charge is 0.0452 e. The van der Waals surface area contributed by atoms with Gasteiger partial charge in [-0.2, -0.15) is 0 Å². The molecule has 0 spiro atoms. The number of nitrogens with two attached hydrogens (primary N) is 1. The zero-order valence-electron chi connectivity index (χ0n) is 8.86. The van der Waals surface area contributed by atoms with E-state index < -0.39 is 0 Å². The van der Waals surface area contributed by atoms with Gasteiger partial charge in [0.1, 0.15) is 0 Å². The molecule has 0 bridgehead atoms. The molecule has 0 aromatic heterocycles. The predicted octanol–water partition coefficient (Wildman–Crippen LogP) is 2.31. The Hall–Kier alpha value is -0.670. The van der Waals surface area contributed by atoms with Crippen molar-refractivity contribution in [2.75, 3.05) is 32.1 Å². The van der Waals surface area contributed by atoms with Crippen LogP contribution >= 0.6 is 11.8 Å². The van der Waals surface area contributed by atoms with Crippen molar-refractivity contribution in [2.45, 2.75) is 11.3 Å². The third-order valence-electron chi connectivity index (χ3n) is 1.93. The molecule has 0 heterocycles. The van der Waals surface area contributed by atoms with E-state index in [0.29, 0.717) is 0 Å². The molecular formula is C11H18N2S. The maximum Gasteiger partial charge on any atom is 0.0452 e. The second-order valence-electron chi connectivity index (χ2n) is 3.54. The minimum atomic E-state index is 0.891. The molecule has 2 nitrogen and oxygen atoms in total. The second kappa shape index (κ2) is 5.94. The molecule has 0 saturated carbocycles. The van der Waals surface area contributed by atoms with E-state index in [0.717, 1.165) is 18.0 Å². The van der Waals surface area contributed by atoms with Crippen LogP contribution in [0.3, 0.4) is 0 Å².